The van der Waals surface area contributed by atoms with Gasteiger partial charge in [0.2, 0.25) is 5.91 Å². The van der Waals surface area contributed by atoms with Crippen LogP contribution in [-0.2, 0) is 14.3 Å². The second-order valence-corrected chi connectivity index (χ2v) is 10.7. The highest BCUT2D eigenvalue weighted by molar-refractivity contribution is 7.17. The highest BCUT2D eigenvalue weighted by Gasteiger charge is 2.53. The molecule has 3 fully saturated rings. The first-order chi connectivity index (χ1) is 16.0. The molecular formula is C24H26ClN3O4S. The molecular weight excluding hydrogens is 462 g/mol. The van der Waals surface area contributed by atoms with Crippen molar-refractivity contribution in [1.82, 2.24) is 9.88 Å². The van der Waals surface area contributed by atoms with Crippen LogP contribution in [-0.4, -0.2) is 58.2 Å². The van der Waals surface area contributed by atoms with Crippen LogP contribution in [0.25, 0.3) is 10.6 Å². The van der Waals surface area contributed by atoms with Crippen molar-refractivity contribution >= 4 is 40.5 Å². The highest BCUT2D eigenvalue weighted by atomic mass is 35.5. The SMILES string of the molecule is NC(=O)c1sc(-c2ccccn2)cc1[C@@H](C(=O)N1C[C@H](Cl)[C@H]2OCC(=O)[C@H]21)C1CCCCC1. The number of likely N-dealkylation sites (tertiary alicyclic amines) is 1. The van der Waals surface area contributed by atoms with Crippen molar-refractivity contribution in [2.45, 2.75) is 55.5 Å². The molecule has 4 atom stereocenters. The summed E-state index contributed by atoms with van der Waals surface area (Å²) in [7, 11) is 0. The van der Waals surface area contributed by atoms with Gasteiger partial charge in [-0.1, -0.05) is 25.3 Å². The Balaban J connectivity index is 1.57. The van der Waals surface area contributed by atoms with Crippen molar-refractivity contribution in [2.24, 2.45) is 11.7 Å². The van der Waals surface area contributed by atoms with Gasteiger partial charge in [-0.25, -0.2) is 0 Å². The predicted molar refractivity (Wildman–Crippen MR) is 125 cm³/mol. The van der Waals surface area contributed by atoms with Crippen LogP contribution in [0.15, 0.2) is 30.5 Å². The first-order valence-electron chi connectivity index (χ1n) is 11.4. The molecule has 7 nitrogen and oxygen atoms in total. The molecule has 2 aromatic rings. The number of aromatic nitrogens is 1. The fourth-order valence-electron chi connectivity index (χ4n) is 5.52. The van der Waals surface area contributed by atoms with Crippen LogP contribution in [0.1, 0.15) is 53.3 Å². The molecule has 174 valence electrons. The van der Waals surface area contributed by atoms with Crippen molar-refractivity contribution in [2.75, 3.05) is 13.2 Å². The summed E-state index contributed by atoms with van der Waals surface area (Å²) in [6.45, 7) is 0.235. The Morgan fingerprint density at radius 2 is 2.03 bits per heavy atom. The maximum absolute atomic E-state index is 14.1. The maximum atomic E-state index is 14.1. The summed E-state index contributed by atoms with van der Waals surface area (Å²) in [5, 5.41) is -0.431. The molecule has 0 aromatic carbocycles. The van der Waals surface area contributed by atoms with Gasteiger partial charge in [-0.15, -0.1) is 22.9 Å². The van der Waals surface area contributed by atoms with E-state index in [1.54, 1.807) is 11.1 Å². The van der Waals surface area contributed by atoms with Crippen LogP contribution < -0.4 is 5.73 Å². The number of hydrogen-bond acceptors (Lipinski definition) is 6. The lowest BCUT2D eigenvalue weighted by molar-refractivity contribution is -0.139. The smallest absolute Gasteiger partial charge is 0.259 e. The van der Waals surface area contributed by atoms with E-state index in [1.807, 2.05) is 24.3 Å². The van der Waals surface area contributed by atoms with Gasteiger partial charge in [0.25, 0.3) is 5.91 Å². The van der Waals surface area contributed by atoms with Gasteiger partial charge in [0, 0.05) is 12.7 Å². The largest absolute Gasteiger partial charge is 0.366 e. The van der Waals surface area contributed by atoms with Gasteiger partial charge in [0.15, 0.2) is 5.78 Å². The van der Waals surface area contributed by atoms with E-state index in [0.717, 1.165) is 42.7 Å². The summed E-state index contributed by atoms with van der Waals surface area (Å²) in [6, 6.07) is 6.82. The average Bonchev–Trinajstić information content (AvgIpc) is 3.52. The van der Waals surface area contributed by atoms with E-state index >= 15 is 0 Å². The molecule has 2 amide bonds. The van der Waals surface area contributed by atoms with E-state index in [0.29, 0.717) is 10.4 Å². The van der Waals surface area contributed by atoms with Crippen LogP contribution in [0, 0.1) is 5.92 Å². The van der Waals surface area contributed by atoms with Crippen LogP contribution in [0.4, 0.5) is 0 Å². The second-order valence-electron chi connectivity index (χ2n) is 9.04. The number of amides is 2. The third kappa shape index (κ3) is 4.09. The summed E-state index contributed by atoms with van der Waals surface area (Å²) < 4.78 is 5.58. The summed E-state index contributed by atoms with van der Waals surface area (Å²) >= 11 is 7.74. The summed E-state index contributed by atoms with van der Waals surface area (Å²) in [4.78, 5) is 46.3. The number of Topliss-reactive ketones (excluding diaryl/α,β-unsaturated/α-hetero) is 1. The number of pyridine rings is 1. The van der Waals surface area contributed by atoms with Crippen molar-refractivity contribution in [1.29, 1.82) is 0 Å². The molecule has 2 N–H and O–H groups in total. The average molecular weight is 488 g/mol. The van der Waals surface area contributed by atoms with Crippen molar-refractivity contribution in [3.05, 3.63) is 40.9 Å². The molecule has 1 saturated carbocycles. The summed E-state index contributed by atoms with van der Waals surface area (Å²) in [5.74, 6) is -1.32. The molecule has 3 aliphatic rings. The monoisotopic (exact) mass is 487 g/mol. The molecule has 0 radical (unpaired) electrons. The van der Waals surface area contributed by atoms with E-state index in [-0.39, 0.29) is 30.8 Å². The number of carbonyl (C=O) groups is 3. The zero-order valence-electron chi connectivity index (χ0n) is 18.1. The number of ether oxygens (including phenoxy) is 1. The molecule has 0 spiro atoms. The molecule has 1 aliphatic carbocycles. The fraction of sp³-hybridized carbons (Fsp3) is 0.500. The minimum Gasteiger partial charge on any atom is -0.366 e. The number of thiophene rings is 1. The quantitative estimate of drug-likeness (QED) is 0.651. The Morgan fingerprint density at radius 3 is 2.73 bits per heavy atom. The molecule has 0 unspecified atom stereocenters. The topological polar surface area (TPSA) is 103 Å². The first-order valence-corrected chi connectivity index (χ1v) is 12.6. The molecule has 2 aliphatic heterocycles. The van der Waals surface area contributed by atoms with E-state index in [1.165, 1.54) is 11.3 Å². The third-order valence-electron chi connectivity index (χ3n) is 7.03. The van der Waals surface area contributed by atoms with E-state index in [2.05, 4.69) is 4.98 Å². The van der Waals surface area contributed by atoms with Crippen LogP contribution >= 0.6 is 22.9 Å². The van der Waals surface area contributed by atoms with Gasteiger partial charge in [0.05, 0.1) is 26.7 Å². The highest BCUT2D eigenvalue weighted by Crippen LogP contribution is 2.44. The Hall–Kier alpha value is -2.29. The Morgan fingerprint density at radius 1 is 1.24 bits per heavy atom. The van der Waals surface area contributed by atoms with Gasteiger partial charge in [0.1, 0.15) is 18.8 Å². The normalized spacial score (nSPS) is 26.4. The second kappa shape index (κ2) is 9.16. The van der Waals surface area contributed by atoms with E-state index < -0.39 is 29.3 Å². The van der Waals surface area contributed by atoms with Crippen LogP contribution in [0.2, 0.25) is 0 Å². The Bertz CT molecular complexity index is 1070. The van der Waals surface area contributed by atoms with Gasteiger partial charge in [-0.2, -0.15) is 0 Å². The number of alkyl halides is 1. The Labute approximate surface area is 201 Å². The van der Waals surface area contributed by atoms with Gasteiger partial charge in [-0.3, -0.25) is 19.4 Å². The van der Waals surface area contributed by atoms with Gasteiger partial charge < -0.3 is 15.4 Å². The number of halogens is 1. The van der Waals surface area contributed by atoms with Crippen molar-refractivity contribution < 1.29 is 19.1 Å². The predicted octanol–water partition coefficient (Wildman–Crippen LogP) is 3.36. The van der Waals surface area contributed by atoms with Crippen LogP contribution in [0.3, 0.4) is 0 Å². The number of rotatable bonds is 5. The maximum Gasteiger partial charge on any atom is 0.259 e. The van der Waals surface area contributed by atoms with E-state index in [4.69, 9.17) is 22.1 Å². The molecule has 4 heterocycles. The lowest BCUT2D eigenvalue weighted by atomic mass is 9.76. The zero-order valence-corrected chi connectivity index (χ0v) is 19.7. The fourth-order valence-corrected chi connectivity index (χ4v) is 6.92. The third-order valence-corrected chi connectivity index (χ3v) is 8.60. The van der Waals surface area contributed by atoms with Crippen molar-refractivity contribution in [3.8, 4) is 10.6 Å². The lowest BCUT2D eigenvalue weighted by Crippen LogP contribution is -2.46. The number of fused-ring (bicyclic) bond motifs is 1. The summed E-state index contributed by atoms with van der Waals surface area (Å²) in [5.41, 5.74) is 7.16. The van der Waals surface area contributed by atoms with Crippen LogP contribution in [0.5, 0.6) is 0 Å². The number of hydrogen-bond donors (Lipinski definition) is 1. The Kier molecular flexibility index (Phi) is 6.24. The molecule has 2 saturated heterocycles. The standard InChI is InChI=1S/C24H26ClN3O4S/c25-15-11-28(20-17(29)12-32-21(15)20)24(31)19(13-6-2-1-3-7-13)14-10-18(33-22(14)23(26)30)16-8-4-5-9-27-16/h4-5,8-10,13,15,19-21H,1-3,6-7,11-12H2,(H2,26,30)/t15-,19-,20+,21+/m0/s1. The van der Waals surface area contributed by atoms with Crippen molar-refractivity contribution in [3.63, 3.8) is 0 Å². The number of nitrogens with two attached hydrogens (primary N) is 1. The number of primary amides is 1. The number of nitrogens with zero attached hydrogens (tertiary/aromatic N) is 2. The molecule has 5 rings (SSSR count). The van der Waals surface area contributed by atoms with E-state index in [9.17, 15) is 14.4 Å². The summed E-state index contributed by atoms with van der Waals surface area (Å²) in [6.07, 6.45) is 6.19. The van der Waals surface area contributed by atoms with Gasteiger partial charge in [-0.05, 0) is 42.5 Å². The molecule has 33 heavy (non-hydrogen) atoms. The molecule has 9 heteroatoms. The molecule has 0 bridgehead atoms. The minimum absolute atomic E-state index is 0.0226. The molecule has 2 aromatic heterocycles. The number of ketones is 1. The number of carbonyl (C=O) groups excluding carboxylic acids is 3. The zero-order chi connectivity index (χ0) is 23.1. The lowest BCUT2D eigenvalue weighted by Gasteiger charge is -2.34. The first kappa shape index (κ1) is 22.5. The van der Waals surface area contributed by atoms with Gasteiger partial charge >= 0.3 is 0 Å². The minimum atomic E-state index is -0.656.